The third kappa shape index (κ3) is 7.46. The van der Waals surface area contributed by atoms with Gasteiger partial charge in [0.25, 0.3) is 10.2 Å². The number of rotatable bonds is 15. The lowest BCUT2D eigenvalue weighted by Gasteiger charge is -2.27. The van der Waals surface area contributed by atoms with E-state index < -0.39 is 28.5 Å². The predicted molar refractivity (Wildman–Crippen MR) is 154 cm³/mol. The molecule has 1 atom stereocenters. The molecule has 0 saturated heterocycles. The summed E-state index contributed by atoms with van der Waals surface area (Å²) in [4.78, 5) is 25.5. The van der Waals surface area contributed by atoms with Crippen LogP contribution >= 0.6 is 11.3 Å². The normalized spacial score (nSPS) is 15.1. The summed E-state index contributed by atoms with van der Waals surface area (Å²) in [6.07, 6.45) is 2.92. The molecule has 1 aromatic carbocycles. The van der Waals surface area contributed by atoms with Gasteiger partial charge in [0.2, 0.25) is 5.91 Å². The Hall–Kier alpha value is -2.97. The lowest BCUT2D eigenvalue weighted by atomic mass is 9.99. The van der Waals surface area contributed by atoms with Crippen LogP contribution in [0, 0.1) is 6.92 Å². The van der Waals surface area contributed by atoms with E-state index >= 15 is 0 Å². The number of thiazole rings is 1. The second-order valence-electron chi connectivity index (χ2n) is 10.1. The van der Waals surface area contributed by atoms with E-state index in [0.29, 0.717) is 40.7 Å². The van der Waals surface area contributed by atoms with Gasteiger partial charge in [0.1, 0.15) is 17.4 Å². The molecule has 1 aliphatic rings. The van der Waals surface area contributed by atoms with Gasteiger partial charge in [-0.2, -0.15) is 17.4 Å². The molecule has 1 fully saturated rings. The van der Waals surface area contributed by atoms with E-state index in [0.717, 1.165) is 17.1 Å². The number of carbonyl (C=O) groups excluding carboxylic acids is 1. The summed E-state index contributed by atoms with van der Waals surface area (Å²) >= 11 is 1.29. The number of methoxy groups -OCH3 is 1. The number of aromatic nitrogens is 2. The summed E-state index contributed by atoms with van der Waals surface area (Å²) < 4.78 is 45.6. The predicted octanol–water partition coefficient (Wildman–Crippen LogP) is 3.27. The maximum absolute atomic E-state index is 14.0. The number of hydrogen-bond donors (Lipinski definition) is 2. The molecule has 222 valence electrons. The summed E-state index contributed by atoms with van der Waals surface area (Å²) in [6.45, 7) is 1.23. The highest BCUT2D eigenvalue weighted by molar-refractivity contribution is 7.87. The minimum absolute atomic E-state index is 0.0354. The third-order valence-corrected chi connectivity index (χ3v) is 9.67. The first-order valence-corrected chi connectivity index (χ1v) is 15.6. The van der Waals surface area contributed by atoms with Crippen LogP contribution in [0.5, 0.6) is 5.75 Å². The smallest absolute Gasteiger partial charge is 0.281 e. The Labute approximate surface area is 244 Å². The number of pyridine rings is 1. The van der Waals surface area contributed by atoms with Crippen LogP contribution in [0.3, 0.4) is 0 Å². The summed E-state index contributed by atoms with van der Waals surface area (Å²) in [6, 6.07) is 13.7. The van der Waals surface area contributed by atoms with E-state index in [9.17, 15) is 22.7 Å². The van der Waals surface area contributed by atoms with E-state index in [1.165, 1.54) is 23.9 Å². The number of hydrogen-bond acceptors (Lipinski definition) is 8. The van der Waals surface area contributed by atoms with Crippen LogP contribution in [0.1, 0.15) is 52.3 Å². The fourth-order valence-electron chi connectivity index (χ4n) is 4.64. The summed E-state index contributed by atoms with van der Waals surface area (Å²) in [5, 5.41) is 11.2. The van der Waals surface area contributed by atoms with Crippen molar-refractivity contribution >= 4 is 27.5 Å². The second-order valence-corrected chi connectivity index (χ2v) is 13.2. The SMILES string of the molecule is COc1ccc(C2(C(=O)N(CCCc3ccccc3)Cc3nc(C(O)NS(=O)(=O)N(C)CCF)c(C)s3)CC2)nc1. The lowest BCUT2D eigenvalue weighted by Crippen LogP contribution is -2.41. The molecule has 10 nitrogen and oxygen atoms in total. The standard InChI is InChI=1S/C28H36FN5O5S2/c1-20-25(26(35)32-41(37,38)33(2)17-15-29)31-24(40-20)19-34(16-7-10-21-8-5-4-6-9-21)27(36)28(13-14-28)23-12-11-22(39-3)18-30-23/h4-6,8-9,11-12,18,26,32,35H,7,10,13-17,19H2,1-3H3. The highest BCUT2D eigenvalue weighted by Gasteiger charge is 2.54. The van der Waals surface area contributed by atoms with Gasteiger partial charge in [0.05, 0.1) is 36.7 Å². The highest BCUT2D eigenvalue weighted by Crippen LogP contribution is 2.49. The molecule has 4 rings (SSSR count). The maximum atomic E-state index is 14.0. The van der Waals surface area contributed by atoms with Crippen molar-refractivity contribution in [1.29, 1.82) is 0 Å². The fraction of sp³-hybridized carbons (Fsp3) is 0.464. The minimum atomic E-state index is -4.12. The average Bonchev–Trinajstić information content (AvgIpc) is 3.69. The Balaban J connectivity index is 1.53. The Morgan fingerprint density at radius 3 is 2.56 bits per heavy atom. The molecule has 1 aliphatic carbocycles. The number of nitrogens with zero attached hydrogens (tertiary/aromatic N) is 4. The molecular weight excluding hydrogens is 569 g/mol. The molecule has 3 aromatic rings. The first kappa shape index (κ1) is 31.0. The topological polar surface area (TPSA) is 125 Å². The van der Waals surface area contributed by atoms with Crippen LogP contribution in [-0.2, 0) is 33.4 Å². The largest absolute Gasteiger partial charge is 0.495 e. The number of nitrogens with one attached hydrogen (secondary N) is 1. The van der Waals surface area contributed by atoms with Gasteiger partial charge < -0.3 is 14.7 Å². The van der Waals surface area contributed by atoms with Crippen molar-refractivity contribution in [3.8, 4) is 5.75 Å². The van der Waals surface area contributed by atoms with Crippen molar-refractivity contribution in [2.45, 2.75) is 50.8 Å². The second kappa shape index (κ2) is 13.3. The van der Waals surface area contributed by atoms with Gasteiger partial charge in [-0.15, -0.1) is 11.3 Å². The molecule has 13 heteroatoms. The zero-order valence-corrected chi connectivity index (χ0v) is 25.0. The van der Waals surface area contributed by atoms with Crippen molar-refractivity contribution in [2.75, 3.05) is 33.9 Å². The third-order valence-electron chi connectivity index (χ3n) is 7.18. The van der Waals surface area contributed by atoms with Crippen molar-refractivity contribution in [2.24, 2.45) is 0 Å². The van der Waals surface area contributed by atoms with Crippen LogP contribution in [0.15, 0.2) is 48.7 Å². The van der Waals surface area contributed by atoms with Gasteiger partial charge in [-0.1, -0.05) is 30.3 Å². The van der Waals surface area contributed by atoms with Gasteiger partial charge in [-0.25, -0.2) is 9.37 Å². The number of aliphatic hydroxyl groups is 1. The molecule has 41 heavy (non-hydrogen) atoms. The first-order chi connectivity index (χ1) is 19.6. The molecule has 0 bridgehead atoms. The molecule has 0 radical (unpaired) electrons. The number of halogens is 1. The monoisotopic (exact) mass is 605 g/mol. The summed E-state index contributed by atoms with van der Waals surface area (Å²) in [5.41, 5.74) is 1.33. The van der Waals surface area contributed by atoms with E-state index in [4.69, 9.17) is 4.74 Å². The molecule has 1 saturated carbocycles. The van der Waals surface area contributed by atoms with E-state index in [2.05, 4.69) is 26.8 Å². The lowest BCUT2D eigenvalue weighted by molar-refractivity contribution is -0.134. The van der Waals surface area contributed by atoms with E-state index in [-0.39, 0.29) is 24.7 Å². The first-order valence-electron chi connectivity index (χ1n) is 13.4. The van der Waals surface area contributed by atoms with Crippen molar-refractivity contribution < 1.29 is 27.4 Å². The van der Waals surface area contributed by atoms with Crippen molar-refractivity contribution in [1.82, 2.24) is 23.9 Å². The van der Waals surface area contributed by atoms with Crippen molar-refractivity contribution in [3.05, 3.63) is 75.5 Å². The molecule has 1 amide bonds. The van der Waals surface area contributed by atoms with Crippen LogP contribution in [0.4, 0.5) is 4.39 Å². The number of ether oxygens (including phenoxy) is 1. The van der Waals surface area contributed by atoms with Crippen LogP contribution < -0.4 is 9.46 Å². The van der Waals surface area contributed by atoms with Gasteiger partial charge in [0.15, 0.2) is 6.23 Å². The minimum Gasteiger partial charge on any atom is -0.495 e. The van der Waals surface area contributed by atoms with Gasteiger partial charge in [-0.05, 0) is 50.3 Å². The van der Waals surface area contributed by atoms with Gasteiger partial charge in [0, 0.05) is 25.0 Å². The quantitative estimate of drug-likeness (QED) is 0.255. The fourth-order valence-corrected chi connectivity index (χ4v) is 6.50. The summed E-state index contributed by atoms with van der Waals surface area (Å²) in [5.74, 6) is 0.583. The molecule has 1 unspecified atom stereocenters. The van der Waals surface area contributed by atoms with Crippen LogP contribution in [0.25, 0.3) is 0 Å². The Bertz CT molecular complexity index is 1420. The van der Waals surface area contributed by atoms with E-state index in [1.54, 1.807) is 31.2 Å². The molecule has 0 spiro atoms. The molecule has 0 aliphatic heterocycles. The number of aliphatic hydroxyl groups excluding tert-OH is 1. The Kier molecular flexibility index (Phi) is 10.1. The average molecular weight is 606 g/mol. The number of aryl methyl sites for hydroxylation is 2. The molecule has 2 aromatic heterocycles. The number of carbonyl (C=O) groups is 1. The van der Waals surface area contributed by atoms with Gasteiger partial charge >= 0.3 is 0 Å². The van der Waals surface area contributed by atoms with Crippen LogP contribution in [-0.4, -0.2) is 72.5 Å². The summed E-state index contributed by atoms with van der Waals surface area (Å²) in [7, 11) is -1.33. The molecule has 2 N–H and O–H groups in total. The van der Waals surface area contributed by atoms with Crippen LogP contribution in [0.2, 0.25) is 0 Å². The Morgan fingerprint density at radius 2 is 1.95 bits per heavy atom. The number of amides is 1. The highest BCUT2D eigenvalue weighted by atomic mass is 32.2. The zero-order chi connectivity index (χ0) is 29.6. The molecule has 2 heterocycles. The molecular formula is C28H36FN5O5S2. The van der Waals surface area contributed by atoms with E-state index in [1.807, 2.05) is 24.3 Å². The maximum Gasteiger partial charge on any atom is 0.281 e. The number of benzene rings is 1. The zero-order valence-electron chi connectivity index (χ0n) is 23.4. The van der Waals surface area contributed by atoms with Crippen molar-refractivity contribution in [3.63, 3.8) is 0 Å². The number of alkyl halides is 1. The Morgan fingerprint density at radius 1 is 1.22 bits per heavy atom. The van der Waals surface area contributed by atoms with Gasteiger partial charge in [-0.3, -0.25) is 9.78 Å².